The Hall–Kier alpha value is -1.06. The molecule has 1 fully saturated rings. The minimum absolute atomic E-state index is 0.410. The van der Waals surface area contributed by atoms with Crippen LogP contribution in [0.5, 0.6) is 5.75 Å². The van der Waals surface area contributed by atoms with E-state index in [9.17, 15) is 0 Å². The van der Waals surface area contributed by atoms with Gasteiger partial charge in [-0.1, -0.05) is 32.4 Å². The first-order valence-corrected chi connectivity index (χ1v) is 8.39. The second-order valence-corrected chi connectivity index (χ2v) is 5.94. The van der Waals surface area contributed by atoms with E-state index in [1.54, 1.807) is 7.11 Å². The van der Waals surface area contributed by atoms with Crippen LogP contribution in [0.25, 0.3) is 0 Å². The molecule has 0 saturated carbocycles. The highest BCUT2D eigenvalue weighted by atomic mass is 16.5. The molecule has 0 amide bonds. The summed E-state index contributed by atoms with van der Waals surface area (Å²) in [6, 6.07) is 9.68. The summed E-state index contributed by atoms with van der Waals surface area (Å²) in [6.07, 6.45) is 5.36. The molecule has 1 aliphatic heterocycles. The predicted molar refractivity (Wildman–Crippen MR) is 88.9 cm³/mol. The molecule has 1 aromatic carbocycles. The van der Waals surface area contributed by atoms with Gasteiger partial charge in [-0.2, -0.15) is 0 Å². The first-order chi connectivity index (χ1) is 10.3. The molecule has 0 aromatic heterocycles. The van der Waals surface area contributed by atoms with Gasteiger partial charge in [-0.05, 0) is 50.0 Å². The summed E-state index contributed by atoms with van der Waals surface area (Å²) in [4.78, 5) is 2.68. The molecule has 2 atom stereocenters. The maximum atomic E-state index is 5.26. The molecule has 0 spiro atoms. The minimum Gasteiger partial charge on any atom is -0.497 e. The van der Waals surface area contributed by atoms with Gasteiger partial charge in [0, 0.05) is 18.6 Å². The summed E-state index contributed by atoms with van der Waals surface area (Å²) >= 11 is 0. The van der Waals surface area contributed by atoms with E-state index < -0.39 is 0 Å². The number of nitrogens with one attached hydrogen (secondary N) is 1. The molecule has 1 N–H and O–H groups in total. The molecule has 2 unspecified atom stereocenters. The minimum atomic E-state index is 0.410. The van der Waals surface area contributed by atoms with Gasteiger partial charge in [-0.25, -0.2) is 0 Å². The van der Waals surface area contributed by atoms with Gasteiger partial charge in [0.05, 0.1) is 7.11 Å². The van der Waals surface area contributed by atoms with E-state index in [1.807, 2.05) is 0 Å². The summed E-state index contributed by atoms with van der Waals surface area (Å²) in [5.41, 5.74) is 1.36. The molecule has 118 valence electrons. The fourth-order valence-corrected chi connectivity index (χ4v) is 3.37. The molecular formula is C18H30N2O. The normalized spacial score (nSPS) is 21.2. The highest BCUT2D eigenvalue weighted by molar-refractivity contribution is 5.29. The average Bonchev–Trinajstić information content (AvgIpc) is 2.55. The molecule has 0 bridgehead atoms. The van der Waals surface area contributed by atoms with Crippen molar-refractivity contribution in [3.05, 3.63) is 29.8 Å². The van der Waals surface area contributed by atoms with Crippen molar-refractivity contribution in [2.75, 3.05) is 26.7 Å². The number of likely N-dealkylation sites (tertiary alicyclic amines) is 1. The van der Waals surface area contributed by atoms with Crippen LogP contribution in [0.4, 0.5) is 0 Å². The third kappa shape index (κ3) is 4.45. The Bertz CT molecular complexity index is 404. The predicted octanol–water partition coefficient (Wildman–Crippen LogP) is 3.61. The number of nitrogens with zero attached hydrogens (tertiary/aromatic N) is 1. The summed E-state index contributed by atoms with van der Waals surface area (Å²) in [6.45, 7) is 7.86. The number of hydrogen-bond donors (Lipinski definition) is 1. The third-order valence-electron chi connectivity index (χ3n) is 4.61. The fourth-order valence-electron chi connectivity index (χ4n) is 3.37. The van der Waals surface area contributed by atoms with Crippen molar-refractivity contribution in [2.45, 2.75) is 51.6 Å². The first kappa shape index (κ1) is 16.3. The Morgan fingerprint density at radius 3 is 2.62 bits per heavy atom. The van der Waals surface area contributed by atoms with Gasteiger partial charge in [-0.3, -0.25) is 4.90 Å². The second-order valence-electron chi connectivity index (χ2n) is 5.94. The van der Waals surface area contributed by atoms with Gasteiger partial charge in [0.2, 0.25) is 0 Å². The molecular weight excluding hydrogens is 260 g/mol. The molecule has 21 heavy (non-hydrogen) atoms. The van der Waals surface area contributed by atoms with E-state index in [0.717, 1.165) is 24.9 Å². The molecule has 3 heteroatoms. The number of methoxy groups -OCH3 is 1. The number of rotatable bonds is 7. The van der Waals surface area contributed by atoms with Crippen LogP contribution >= 0.6 is 0 Å². The monoisotopic (exact) mass is 290 g/mol. The van der Waals surface area contributed by atoms with E-state index in [2.05, 4.69) is 48.3 Å². The van der Waals surface area contributed by atoms with Crippen molar-refractivity contribution in [1.29, 1.82) is 0 Å². The lowest BCUT2D eigenvalue weighted by Gasteiger charge is -2.37. The van der Waals surface area contributed by atoms with Crippen LogP contribution in [0, 0.1) is 0 Å². The van der Waals surface area contributed by atoms with Crippen LogP contribution in [0.1, 0.15) is 51.1 Å². The Morgan fingerprint density at radius 1 is 1.24 bits per heavy atom. The molecule has 0 aliphatic carbocycles. The number of piperidine rings is 1. The van der Waals surface area contributed by atoms with E-state index in [0.29, 0.717) is 6.04 Å². The molecule has 1 aromatic rings. The maximum Gasteiger partial charge on any atom is 0.118 e. The van der Waals surface area contributed by atoms with Crippen molar-refractivity contribution in [1.82, 2.24) is 10.2 Å². The molecule has 1 heterocycles. The fraction of sp³-hybridized carbons (Fsp3) is 0.667. The lowest BCUT2D eigenvalue weighted by molar-refractivity contribution is 0.129. The number of likely N-dealkylation sites (N-methyl/N-ethyl adjacent to an activating group) is 1. The lowest BCUT2D eigenvalue weighted by Crippen LogP contribution is -2.44. The van der Waals surface area contributed by atoms with Crippen molar-refractivity contribution in [2.24, 2.45) is 0 Å². The largest absolute Gasteiger partial charge is 0.497 e. The summed E-state index contributed by atoms with van der Waals surface area (Å²) in [7, 11) is 1.72. The highest BCUT2D eigenvalue weighted by Crippen LogP contribution is 2.24. The zero-order chi connectivity index (χ0) is 15.1. The summed E-state index contributed by atoms with van der Waals surface area (Å²) in [5, 5.41) is 3.65. The van der Waals surface area contributed by atoms with Crippen LogP contribution in [-0.2, 0) is 0 Å². The zero-order valence-electron chi connectivity index (χ0n) is 13.8. The van der Waals surface area contributed by atoms with Crippen molar-refractivity contribution in [3.8, 4) is 5.75 Å². The van der Waals surface area contributed by atoms with Gasteiger partial charge >= 0.3 is 0 Å². The zero-order valence-corrected chi connectivity index (χ0v) is 13.8. The van der Waals surface area contributed by atoms with Gasteiger partial charge in [0.15, 0.2) is 0 Å². The summed E-state index contributed by atoms with van der Waals surface area (Å²) < 4.78 is 5.26. The smallest absolute Gasteiger partial charge is 0.118 e. The van der Waals surface area contributed by atoms with Crippen molar-refractivity contribution >= 4 is 0 Å². The Balaban J connectivity index is 2.06. The average molecular weight is 290 g/mol. The maximum absolute atomic E-state index is 5.26. The van der Waals surface area contributed by atoms with Crippen LogP contribution in [-0.4, -0.2) is 37.7 Å². The van der Waals surface area contributed by atoms with Gasteiger partial charge < -0.3 is 10.1 Å². The summed E-state index contributed by atoms with van der Waals surface area (Å²) in [5.74, 6) is 0.929. The topological polar surface area (TPSA) is 24.5 Å². The molecule has 1 saturated heterocycles. The van der Waals surface area contributed by atoms with Gasteiger partial charge in [0.1, 0.15) is 5.75 Å². The van der Waals surface area contributed by atoms with E-state index >= 15 is 0 Å². The Kier molecular flexibility index (Phi) is 6.52. The van der Waals surface area contributed by atoms with Crippen LogP contribution in [0.2, 0.25) is 0 Å². The van der Waals surface area contributed by atoms with E-state index in [-0.39, 0.29) is 0 Å². The third-order valence-corrected chi connectivity index (χ3v) is 4.61. The SMILES string of the molecule is CCNC(CN1CCCCC1CC)c1ccc(OC)cc1. The van der Waals surface area contributed by atoms with E-state index in [1.165, 1.54) is 37.8 Å². The van der Waals surface area contributed by atoms with E-state index in [4.69, 9.17) is 4.74 Å². The van der Waals surface area contributed by atoms with Crippen LogP contribution in [0.3, 0.4) is 0 Å². The van der Waals surface area contributed by atoms with Crippen LogP contribution in [0.15, 0.2) is 24.3 Å². The number of ether oxygens (including phenoxy) is 1. The van der Waals surface area contributed by atoms with Gasteiger partial charge in [-0.15, -0.1) is 0 Å². The first-order valence-electron chi connectivity index (χ1n) is 8.39. The highest BCUT2D eigenvalue weighted by Gasteiger charge is 2.24. The number of hydrogen-bond acceptors (Lipinski definition) is 3. The Labute approximate surface area is 129 Å². The molecule has 0 radical (unpaired) electrons. The van der Waals surface area contributed by atoms with Crippen molar-refractivity contribution in [3.63, 3.8) is 0 Å². The second kappa shape index (κ2) is 8.40. The quantitative estimate of drug-likeness (QED) is 0.830. The number of benzene rings is 1. The Morgan fingerprint density at radius 2 is 2.00 bits per heavy atom. The van der Waals surface area contributed by atoms with Crippen molar-refractivity contribution < 1.29 is 4.74 Å². The molecule has 2 rings (SSSR count). The molecule has 3 nitrogen and oxygen atoms in total. The lowest BCUT2D eigenvalue weighted by atomic mass is 9.97. The van der Waals surface area contributed by atoms with Crippen LogP contribution < -0.4 is 10.1 Å². The standard InChI is InChI=1S/C18H30N2O/c1-4-16-8-6-7-13-20(16)14-18(19-5-2)15-9-11-17(21-3)12-10-15/h9-12,16,18-19H,4-8,13-14H2,1-3H3. The van der Waals surface area contributed by atoms with Gasteiger partial charge in [0.25, 0.3) is 0 Å². The molecule has 1 aliphatic rings.